The van der Waals surface area contributed by atoms with Crippen LogP contribution in [-0.4, -0.2) is 30.7 Å². The number of anilines is 2. The summed E-state index contributed by atoms with van der Waals surface area (Å²) in [6.45, 7) is 2.18. The summed E-state index contributed by atoms with van der Waals surface area (Å²) in [4.78, 5) is 23.7. The maximum atomic E-state index is 11.3. The predicted octanol–water partition coefficient (Wildman–Crippen LogP) is 2.52. The Bertz CT molecular complexity index is 547. The highest BCUT2D eigenvalue weighted by molar-refractivity contribution is 5.78. The first kappa shape index (κ1) is 15.1. The third-order valence-electron chi connectivity index (χ3n) is 3.53. The van der Waals surface area contributed by atoms with Crippen molar-refractivity contribution in [3.63, 3.8) is 0 Å². The van der Waals surface area contributed by atoms with Crippen molar-refractivity contribution in [3.05, 3.63) is 28.3 Å². The molecule has 0 fully saturated rings. The summed E-state index contributed by atoms with van der Waals surface area (Å²) in [5, 5.41) is 14.1. The molecule has 0 aliphatic carbocycles. The van der Waals surface area contributed by atoms with Crippen LogP contribution < -0.4 is 10.2 Å². The number of hydrogen-bond donors (Lipinski definition) is 1. The Kier molecular flexibility index (Phi) is 4.62. The van der Waals surface area contributed by atoms with Crippen LogP contribution in [0.25, 0.3) is 0 Å². The fraction of sp³-hybridized carbons (Fsp3) is 0.500. The Labute approximate surface area is 123 Å². The lowest BCUT2D eigenvalue weighted by atomic mass is 10.2. The molecule has 0 bridgehead atoms. The van der Waals surface area contributed by atoms with Gasteiger partial charge >= 0.3 is 5.97 Å². The molecule has 1 aliphatic rings. The van der Waals surface area contributed by atoms with E-state index in [4.69, 9.17) is 4.74 Å². The largest absolute Gasteiger partial charge is 0.466 e. The molecule has 0 spiro atoms. The van der Waals surface area contributed by atoms with E-state index in [1.54, 1.807) is 19.1 Å². The Hall–Kier alpha value is -2.31. The van der Waals surface area contributed by atoms with Crippen molar-refractivity contribution >= 4 is 23.0 Å². The van der Waals surface area contributed by atoms with E-state index in [2.05, 4.69) is 5.32 Å². The number of nitrogens with one attached hydrogen (secondary N) is 1. The number of nitro groups is 1. The molecule has 0 amide bonds. The molecule has 1 heterocycles. The average Bonchev–Trinajstić information content (AvgIpc) is 2.75. The molecule has 21 heavy (non-hydrogen) atoms. The maximum Gasteiger partial charge on any atom is 0.305 e. The zero-order chi connectivity index (χ0) is 15.4. The van der Waals surface area contributed by atoms with Crippen molar-refractivity contribution in [1.82, 2.24) is 0 Å². The smallest absolute Gasteiger partial charge is 0.305 e. The number of benzene rings is 1. The van der Waals surface area contributed by atoms with Gasteiger partial charge in [-0.2, -0.15) is 0 Å². The van der Waals surface area contributed by atoms with Crippen molar-refractivity contribution in [3.8, 4) is 0 Å². The van der Waals surface area contributed by atoms with E-state index >= 15 is 0 Å². The van der Waals surface area contributed by atoms with E-state index in [-0.39, 0.29) is 17.8 Å². The second kappa shape index (κ2) is 6.43. The first-order valence-corrected chi connectivity index (χ1v) is 6.96. The zero-order valence-electron chi connectivity index (χ0n) is 12.2. The lowest BCUT2D eigenvalue weighted by Gasteiger charge is -2.21. The molecular formula is C14H19N3O4. The first-order valence-electron chi connectivity index (χ1n) is 6.96. The molecule has 114 valence electrons. The molecule has 7 heteroatoms. The molecular weight excluding hydrogens is 274 g/mol. The molecule has 0 saturated heterocycles. The van der Waals surface area contributed by atoms with Crippen molar-refractivity contribution in [2.75, 3.05) is 23.9 Å². The van der Waals surface area contributed by atoms with Crippen molar-refractivity contribution in [1.29, 1.82) is 0 Å². The molecule has 1 aromatic carbocycles. The van der Waals surface area contributed by atoms with Crippen LogP contribution in [0.15, 0.2) is 18.2 Å². The van der Waals surface area contributed by atoms with Gasteiger partial charge in [0.15, 0.2) is 0 Å². The fourth-order valence-corrected chi connectivity index (χ4v) is 2.43. The summed E-state index contributed by atoms with van der Waals surface area (Å²) in [7, 11) is 1.89. The van der Waals surface area contributed by atoms with Gasteiger partial charge in [0.2, 0.25) is 0 Å². The molecule has 1 atom stereocenters. The molecule has 1 N–H and O–H groups in total. The van der Waals surface area contributed by atoms with Crippen LogP contribution in [0, 0.1) is 10.1 Å². The summed E-state index contributed by atoms with van der Waals surface area (Å²) in [5.41, 5.74) is 1.77. The maximum absolute atomic E-state index is 11.3. The number of non-ortho nitro benzene ring substituents is 1. The molecule has 7 nitrogen and oxygen atoms in total. The highest BCUT2D eigenvalue weighted by atomic mass is 16.6. The minimum atomic E-state index is -0.401. The van der Waals surface area contributed by atoms with Gasteiger partial charge in [-0.3, -0.25) is 14.9 Å². The van der Waals surface area contributed by atoms with Crippen LogP contribution in [0.3, 0.4) is 0 Å². The topological polar surface area (TPSA) is 84.7 Å². The molecule has 0 saturated carbocycles. The van der Waals surface area contributed by atoms with Gasteiger partial charge in [-0.1, -0.05) is 0 Å². The lowest BCUT2D eigenvalue weighted by Crippen LogP contribution is -2.32. The summed E-state index contributed by atoms with van der Waals surface area (Å²) < 4.78 is 4.89. The van der Waals surface area contributed by atoms with E-state index < -0.39 is 4.92 Å². The lowest BCUT2D eigenvalue weighted by molar-refractivity contribution is -0.384. The molecule has 1 aromatic rings. The Balaban J connectivity index is 1.94. The van der Waals surface area contributed by atoms with E-state index in [1.807, 2.05) is 11.9 Å². The average molecular weight is 293 g/mol. The SMILES string of the molecule is CCOC(=O)CCCC1Nc2ccc([N+](=O)[O-])cc2N1C. The van der Waals surface area contributed by atoms with Gasteiger partial charge < -0.3 is 15.0 Å². The molecule has 1 aliphatic heterocycles. The highest BCUT2D eigenvalue weighted by Crippen LogP contribution is 2.37. The number of ether oxygens (including phenoxy) is 1. The molecule has 2 rings (SSSR count). The monoisotopic (exact) mass is 293 g/mol. The summed E-state index contributed by atoms with van der Waals surface area (Å²) in [6.07, 6.45) is 1.89. The molecule has 1 unspecified atom stereocenters. The van der Waals surface area contributed by atoms with Crippen LogP contribution in [0.5, 0.6) is 0 Å². The van der Waals surface area contributed by atoms with Crippen LogP contribution in [0.4, 0.5) is 17.1 Å². The van der Waals surface area contributed by atoms with E-state index in [0.29, 0.717) is 19.4 Å². The summed E-state index contributed by atoms with van der Waals surface area (Å²) in [6, 6.07) is 4.77. The van der Waals surface area contributed by atoms with Gasteiger partial charge in [0.25, 0.3) is 5.69 Å². The molecule has 0 radical (unpaired) electrons. The number of carbonyl (C=O) groups excluding carboxylic acids is 1. The summed E-state index contributed by atoms with van der Waals surface area (Å²) in [5.74, 6) is -0.189. The number of rotatable bonds is 6. The van der Waals surface area contributed by atoms with E-state index in [9.17, 15) is 14.9 Å². The number of esters is 1. The highest BCUT2D eigenvalue weighted by Gasteiger charge is 2.27. The second-order valence-electron chi connectivity index (χ2n) is 4.93. The quantitative estimate of drug-likeness (QED) is 0.493. The standard InChI is InChI=1S/C14H19N3O4/c1-3-21-14(18)6-4-5-13-15-11-8-7-10(17(19)20)9-12(11)16(13)2/h7-9,13,15H,3-6H2,1-2H3. The van der Waals surface area contributed by atoms with Crippen LogP contribution >= 0.6 is 0 Å². The van der Waals surface area contributed by atoms with Gasteiger partial charge in [-0.25, -0.2) is 0 Å². The van der Waals surface area contributed by atoms with Crippen molar-refractivity contribution in [2.24, 2.45) is 0 Å². The number of hydrogen-bond acceptors (Lipinski definition) is 6. The number of nitro benzene ring substituents is 1. The number of nitrogens with zero attached hydrogens (tertiary/aromatic N) is 2. The molecule has 0 aromatic heterocycles. The van der Waals surface area contributed by atoms with Gasteiger partial charge in [0.1, 0.15) is 0 Å². The van der Waals surface area contributed by atoms with E-state index in [0.717, 1.165) is 17.8 Å². The fourth-order valence-electron chi connectivity index (χ4n) is 2.43. The van der Waals surface area contributed by atoms with Crippen molar-refractivity contribution < 1.29 is 14.5 Å². The Morgan fingerprint density at radius 1 is 1.52 bits per heavy atom. The van der Waals surface area contributed by atoms with Gasteiger partial charge in [0.05, 0.1) is 29.1 Å². The summed E-state index contributed by atoms with van der Waals surface area (Å²) >= 11 is 0. The van der Waals surface area contributed by atoms with Crippen LogP contribution in [0.1, 0.15) is 26.2 Å². The van der Waals surface area contributed by atoms with Crippen molar-refractivity contribution in [2.45, 2.75) is 32.4 Å². The van der Waals surface area contributed by atoms with Gasteiger partial charge in [0, 0.05) is 25.6 Å². The minimum absolute atomic E-state index is 0.0384. The Morgan fingerprint density at radius 3 is 2.95 bits per heavy atom. The second-order valence-corrected chi connectivity index (χ2v) is 4.93. The van der Waals surface area contributed by atoms with E-state index in [1.165, 1.54) is 6.07 Å². The number of fused-ring (bicyclic) bond motifs is 1. The van der Waals surface area contributed by atoms with Gasteiger partial charge in [-0.15, -0.1) is 0 Å². The van der Waals surface area contributed by atoms with Crippen LogP contribution in [-0.2, 0) is 9.53 Å². The minimum Gasteiger partial charge on any atom is -0.466 e. The Morgan fingerprint density at radius 2 is 2.29 bits per heavy atom. The normalized spacial score (nSPS) is 16.3. The predicted molar refractivity (Wildman–Crippen MR) is 79.4 cm³/mol. The van der Waals surface area contributed by atoms with Gasteiger partial charge in [-0.05, 0) is 25.8 Å². The number of carbonyl (C=O) groups is 1. The third-order valence-corrected chi connectivity index (χ3v) is 3.53. The first-order chi connectivity index (χ1) is 10.0. The zero-order valence-corrected chi connectivity index (χ0v) is 12.2. The van der Waals surface area contributed by atoms with Crippen LogP contribution in [0.2, 0.25) is 0 Å². The third kappa shape index (κ3) is 3.42.